The molecule has 0 atom stereocenters. The summed E-state index contributed by atoms with van der Waals surface area (Å²) in [6.07, 6.45) is 2.48. The van der Waals surface area contributed by atoms with Gasteiger partial charge in [-0.3, -0.25) is 9.63 Å². The van der Waals surface area contributed by atoms with E-state index in [9.17, 15) is 18.7 Å². The van der Waals surface area contributed by atoms with E-state index in [2.05, 4.69) is 15.7 Å². The molecule has 1 amide bonds. The van der Waals surface area contributed by atoms with Crippen LogP contribution >= 0.6 is 20.7 Å². The summed E-state index contributed by atoms with van der Waals surface area (Å²) >= 11 is -0.598. The Kier molecular flexibility index (Phi) is 10.5. The number of hydrogen-bond acceptors (Lipinski definition) is 7. The van der Waals surface area contributed by atoms with E-state index < -0.39 is 49.8 Å². The van der Waals surface area contributed by atoms with Crippen molar-refractivity contribution in [1.82, 2.24) is 10.4 Å². The van der Waals surface area contributed by atoms with E-state index in [0.29, 0.717) is 19.4 Å². The van der Waals surface area contributed by atoms with Gasteiger partial charge >= 0.3 is 0 Å². The maximum atomic E-state index is 15.0. The normalized spacial score (nSPS) is 17.1. The number of nitrogens with zero attached hydrogens (tertiary/aromatic N) is 1. The van der Waals surface area contributed by atoms with Crippen LogP contribution in [0.25, 0.3) is 0 Å². The summed E-state index contributed by atoms with van der Waals surface area (Å²) in [5.41, 5.74) is 0.922. The fraction of sp³-hybridized carbons (Fsp3) is 0.455. The van der Waals surface area contributed by atoms with Crippen LogP contribution in [0.15, 0.2) is 27.7 Å². The Bertz CT molecular complexity index is 966. The Labute approximate surface area is 205 Å². The number of halogens is 4. The maximum absolute atomic E-state index is 15.0. The van der Waals surface area contributed by atoms with Gasteiger partial charge in [0.25, 0.3) is 5.91 Å². The highest BCUT2D eigenvalue weighted by Crippen LogP contribution is 2.30. The van der Waals surface area contributed by atoms with E-state index in [0.717, 1.165) is 19.2 Å². The van der Waals surface area contributed by atoms with E-state index in [1.165, 1.54) is 10.1 Å². The number of carbonyl (C=O) groups is 1. The fourth-order valence-corrected chi connectivity index (χ4v) is 4.81. The van der Waals surface area contributed by atoms with Crippen molar-refractivity contribution in [2.75, 3.05) is 44.8 Å². The highest BCUT2D eigenvalue weighted by atomic mass is 127. The van der Waals surface area contributed by atoms with Gasteiger partial charge in [0.05, 0.1) is 49.5 Å². The van der Waals surface area contributed by atoms with Crippen LogP contribution in [-0.2, 0) is 16.2 Å². The van der Waals surface area contributed by atoms with Gasteiger partial charge in [0.1, 0.15) is 0 Å². The molecule has 1 aromatic carbocycles. The lowest BCUT2D eigenvalue weighted by Gasteiger charge is -2.29. The minimum Gasteiger partial charge on any atom is -0.394 e. The van der Waals surface area contributed by atoms with Crippen LogP contribution in [0.1, 0.15) is 28.8 Å². The number of anilines is 1. The molecule has 0 aliphatic carbocycles. The maximum Gasteiger partial charge on any atom is 0.277 e. The summed E-state index contributed by atoms with van der Waals surface area (Å²) in [6, 6.07) is 1.12. The molecule has 1 saturated heterocycles. The monoisotopic (exact) mass is 597 g/mol. The molecule has 3 rings (SSSR count). The quantitative estimate of drug-likeness (QED) is 0.177. The highest BCUT2D eigenvalue weighted by Gasteiger charge is 2.24. The van der Waals surface area contributed by atoms with Crippen LogP contribution in [0.4, 0.5) is 18.9 Å². The second-order valence-corrected chi connectivity index (χ2v) is 9.69. The molecule has 0 radical (unpaired) electrons. The number of hydroxylamine groups is 1. The average molecular weight is 597 g/mol. The van der Waals surface area contributed by atoms with Gasteiger partial charge in [-0.05, 0) is 29.1 Å². The second kappa shape index (κ2) is 13.3. The molecular formula is C22H27F3IN3O5. The predicted octanol–water partition coefficient (Wildman–Crippen LogP) is 2.49. The van der Waals surface area contributed by atoms with Gasteiger partial charge < -0.3 is 25.2 Å². The van der Waals surface area contributed by atoms with Crippen molar-refractivity contribution in [3.05, 3.63) is 50.5 Å². The van der Waals surface area contributed by atoms with Crippen molar-refractivity contribution in [2.45, 2.75) is 25.6 Å². The molecular weight excluding hydrogens is 570 g/mol. The van der Waals surface area contributed by atoms with Gasteiger partial charge in [-0.2, -0.15) is 0 Å². The SMILES string of the molecule is O=C(NOCCO)c1cc(COCCN2CCC(O)CC2)c(F)c(F)c1NC1=C(F)C=IC=C1. The van der Waals surface area contributed by atoms with Crippen LogP contribution in [0.3, 0.4) is 0 Å². The first-order valence-electron chi connectivity index (χ1n) is 10.7. The van der Waals surface area contributed by atoms with Gasteiger partial charge in [0, 0.05) is 29.2 Å². The number of amides is 1. The summed E-state index contributed by atoms with van der Waals surface area (Å²) in [4.78, 5) is 19.5. The average Bonchev–Trinajstić information content (AvgIpc) is 2.83. The number of hydrogen-bond donors (Lipinski definition) is 4. The first kappa shape index (κ1) is 26.8. The molecule has 1 aromatic rings. The van der Waals surface area contributed by atoms with E-state index in [1.807, 2.05) is 0 Å². The van der Waals surface area contributed by atoms with Crippen LogP contribution in [0.5, 0.6) is 0 Å². The topological polar surface area (TPSA) is 103 Å². The number of likely N-dealkylation sites (tertiary alicyclic amines) is 1. The van der Waals surface area contributed by atoms with E-state index >= 15 is 4.39 Å². The third-order valence-electron chi connectivity index (χ3n) is 5.23. The minimum absolute atomic E-state index is 0.0924. The third kappa shape index (κ3) is 7.33. The number of ether oxygens (including phenoxy) is 1. The van der Waals surface area contributed by atoms with Gasteiger partial charge in [-0.25, -0.2) is 18.7 Å². The van der Waals surface area contributed by atoms with E-state index in [1.54, 1.807) is 4.08 Å². The molecule has 12 heteroatoms. The molecule has 8 nitrogen and oxygen atoms in total. The van der Waals surface area contributed by atoms with Crippen molar-refractivity contribution in [2.24, 2.45) is 0 Å². The Morgan fingerprint density at radius 2 is 1.97 bits per heavy atom. The summed E-state index contributed by atoms with van der Waals surface area (Å²) < 4.78 is 52.6. The highest BCUT2D eigenvalue weighted by molar-refractivity contribution is 14.2. The van der Waals surface area contributed by atoms with Crippen molar-refractivity contribution in [3.63, 3.8) is 0 Å². The molecule has 188 valence electrons. The number of carbonyl (C=O) groups excluding carboxylic acids is 1. The van der Waals surface area contributed by atoms with Crippen LogP contribution in [0.2, 0.25) is 0 Å². The van der Waals surface area contributed by atoms with Gasteiger partial charge in [-0.1, -0.05) is 20.7 Å². The second-order valence-electron chi connectivity index (χ2n) is 7.63. The standard InChI is InChI=1S/C22H27F3IN3O5/c23-17-12-26-4-1-18(17)27-21-16(22(32)28-34-10-8-30)11-14(19(24)20(21)25)13-33-9-7-29-5-2-15(31)3-6-29/h1,4,11-12,15,27,30-31H,2-3,5-10,13H2,(H,28,32). The van der Waals surface area contributed by atoms with Crippen LogP contribution < -0.4 is 10.8 Å². The van der Waals surface area contributed by atoms with Crippen molar-refractivity contribution >= 4 is 36.3 Å². The van der Waals surface area contributed by atoms with E-state index in [-0.39, 0.29) is 49.4 Å². The minimum atomic E-state index is -1.35. The molecule has 2 aliphatic heterocycles. The zero-order valence-corrected chi connectivity index (χ0v) is 20.5. The zero-order chi connectivity index (χ0) is 24.5. The van der Waals surface area contributed by atoms with E-state index in [4.69, 9.17) is 14.7 Å². The Balaban J connectivity index is 1.75. The molecule has 0 spiro atoms. The number of piperidine rings is 1. The molecule has 0 unspecified atom stereocenters. The van der Waals surface area contributed by atoms with Crippen LogP contribution in [-0.4, -0.2) is 70.6 Å². The molecule has 2 aliphatic rings. The Morgan fingerprint density at radius 3 is 2.68 bits per heavy atom. The van der Waals surface area contributed by atoms with Gasteiger partial charge in [-0.15, -0.1) is 0 Å². The summed E-state index contributed by atoms with van der Waals surface area (Å²) in [5.74, 6) is -4.09. The number of allylic oxidation sites excluding steroid dienone is 2. The van der Waals surface area contributed by atoms with Crippen molar-refractivity contribution < 1.29 is 37.8 Å². The predicted molar refractivity (Wildman–Crippen MR) is 129 cm³/mol. The molecule has 1 fully saturated rings. The lowest BCUT2D eigenvalue weighted by atomic mass is 10.1. The van der Waals surface area contributed by atoms with Crippen LogP contribution in [0, 0.1) is 11.6 Å². The largest absolute Gasteiger partial charge is 0.394 e. The first-order chi connectivity index (χ1) is 16.4. The van der Waals surface area contributed by atoms with Gasteiger partial charge in [0.2, 0.25) is 0 Å². The van der Waals surface area contributed by atoms with Crippen molar-refractivity contribution in [3.8, 4) is 0 Å². The Morgan fingerprint density at radius 1 is 1.21 bits per heavy atom. The number of aliphatic hydroxyl groups is 2. The fourth-order valence-electron chi connectivity index (χ4n) is 3.39. The smallest absolute Gasteiger partial charge is 0.277 e. The summed E-state index contributed by atoms with van der Waals surface area (Å²) in [7, 11) is 0. The lowest BCUT2D eigenvalue weighted by molar-refractivity contribution is 0.0168. The lowest BCUT2D eigenvalue weighted by Crippen LogP contribution is -2.37. The van der Waals surface area contributed by atoms with Crippen molar-refractivity contribution in [1.29, 1.82) is 0 Å². The Hall–Kier alpha value is -1.84. The summed E-state index contributed by atoms with van der Waals surface area (Å²) in [5, 5.41) is 20.9. The van der Waals surface area contributed by atoms with Gasteiger partial charge in [0.15, 0.2) is 17.5 Å². The molecule has 0 bridgehead atoms. The first-order valence-corrected chi connectivity index (χ1v) is 13.2. The molecule has 34 heavy (non-hydrogen) atoms. The molecule has 2 heterocycles. The number of nitrogens with one attached hydrogen (secondary N) is 2. The third-order valence-corrected chi connectivity index (χ3v) is 6.91. The number of rotatable bonds is 11. The number of aliphatic hydroxyl groups excluding tert-OH is 2. The molecule has 4 N–H and O–H groups in total. The zero-order valence-electron chi connectivity index (χ0n) is 18.3. The molecule has 0 aromatic heterocycles. The summed E-state index contributed by atoms with van der Waals surface area (Å²) in [6.45, 7) is 1.42. The molecule has 0 saturated carbocycles. The number of benzene rings is 1.